The summed E-state index contributed by atoms with van der Waals surface area (Å²) < 4.78 is 4.78. The lowest BCUT2D eigenvalue weighted by atomic mass is 10.1. The summed E-state index contributed by atoms with van der Waals surface area (Å²) in [7, 11) is 1.43. The van der Waals surface area contributed by atoms with Crippen LogP contribution in [0.5, 0.6) is 0 Å². The van der Waals surface area contributed by atoms with Crippen LogP contribution in [-0.4, -0.2) is 30.6 Å². The highest BCUT2D eigenvalue weighted by Gasteiger charge is 2.19. The lowest BCUT2D eigenvalue weighted by Gasteiger charge is -2.29. The molecule has 0 fully saturated rings. The average Bonchev–Trinajstić information content (AvgIpc) is 2.45. The molecule has 0 bridgehead atoms. The molecule has 0 heterocycles. The largest absolute Gasteiger partial charge is 0.468 e. The van der Waals surface area contributed by atoms with Crippen molar-refractivity contribution in [1.82, 2.24) is 4.90 Å². The first-order chi connectivity index (χ1) is 9.21. The van der Waals surface area contributed by atoms with Crippen LogP contribution in [-0.2, 0) is 16.1 Å². The van der Waals surface area contributed by atoms with E-state index in [2.05, 4.69) is 30.5 Å². The highest BCUT2D eigenvalue weighted by atomic mass is 16.5. The lowest BCUT2D eigenvalue weighted by Crippen LogP contribution is -2.38. The summed E-state index contributed by atoms with van der Waals surface area (Å²) in [6.07, 6.45) is 3.76. The fraction of sp³-hybridized carbons (Fsp3) is 0.438. The zero-order chi connectivity index (χ0) is 14.1. The molecule has 0 spiro atoms. The average molecular weight is 261 g/mol. The Morgan fingerprint density at radius 1 is 1.42 bits per heavy atom. The van der Waals surface area contributed by atoms with E-state index in [-0.39, 0.29) is 5.97 Å². The van der Waals surface area contributed by atoms with Gasteiger partial charge in [-0.2, -0.15) is 0 Å². The van der Waals surface area contributed by atoms with Crippen molar-refractivity contribution in [3.8, 4) is 0 Å². The third-order valence-corrected chi connectivity index (χ3v) is 3.21. The highest BCUT2D eigenvalue weighted by molar-refractivity contribution is 5.71. The first kappa shape index (κ1) is 15.4. The van der Waals surface area contributed by atoms with Crippen LogP contribution >= 0.6 is 0 Å². The number of ether oxygens (including phenoxy) is 1. The molecule has 104 valence electrons. The van der Waals surface area contributed by atoms with E-state index < -0.39 is 0 Å². The molecule has 3 nitrogen and oxygen atoms in total. The molecular formula is C16H23NO2. The number of hydrogen-bond acceptors (Lipinski definition) is 3. The monoisotopic (exact) mass is 261 g/mol. The third-order valence-electron chi connectivity index (χ3n) is 3.21. The molecule has 0 aliphatic rings. The van der Waals surface area contributed by atoms with Gasteiger partial charge in [0.2, 0.25) is 0 Å². The van der Waals surface area contributed by atoms with Crippen molar-refractivity contribution in [2.45, 2.75) is 32.4 Å². The van der Waals surface area contributed by atoms with Crippen LogP contribution < -0.4 is 0 Å². The molecule has 0 aromatic heterocycles. The first-order valence-electron chi connectivity index (χ1n) is 6.67. The molecule has 0 saturated carbocycles. The molecule has 1 aromatic rings. The number of methoxy groups -OCH3 is 1. The molecule has 0 amide bonds. The molecule has 19 heavy (non-hydrogen) atoms. The van der Waals surface area contributed by atoms with Crippen molar-refractivity contribution < 1.29 is 9.53 Å². The summed E-state index contributed by atoms with van der Waals surface area (Å²) in [5.74, 6) is -0.196. The maximum atomic E-state index is 11.5. The first-order valence-corrected chi connectivity index (χ1v) is 6.67. The molecule has 1 unspecified atom stereocenters. The molecule has 0 saturated heterocycles. The zero-order valence-corrected chi connectivity index (χ0v) is 11.8. The van der Waals surface area contributed by atoms with Gasteiger partial charge in [-0.05, 0) is 18.4 Å². The number of nitrogens with zero attached hydrogens (tertiary/aromatic N) is 1. The molecule has 0 radical (unpaired) electrons. The Morgan fingerprint density at radius 2 is 2.11 bits per heavy atom. The number of esters is 1. The summed E-state index contributed by atoms with van der Waals surface area (Å²) in [5.41, 5.74) is 1.20. The second-order valence-corrected chi connectivity index (χ2v) is 4.55. The van der Waals surface area contributed by atoms with E-state index in [1.807, 2.05) is 24.3 Å². The van der Waals surface area contributed by atoms with Crippen molar-refractivity contribution in [3.05, 3.63) is 48.6 Å². The highest BCUT2D eigenvalue weighted by Crippen LogP contribution is 2.14. The van der Waals surface area contributed by atoms with E-state index in [1.54, 1.807) is 0 Å². The van der Waals surface area contributed by atoms with Gasteiger partial charge in [0, 0.05) is 12.6 Å². The minimum atomic E-state index is -0.196. The molecule has 1 atom stereocenters. The van der Waals surface area contributed by atoms with Crippen LogP contribution in [0.1, 0.15) is 25.3 Å². The summed E-state index contributed by atoms with van der Waals surface area (Å²) in [5, 5.41) is 0. The maximum absolute atomic E-state index is 11.5. The van der Waals surface area contributed by atoms with E-state index in [0.717, 1.165) is 19.4 Å². The number of hydrogen-bond donors (Lipinski definition) is 0. The van der Waals surface area contributed by atoms with Crippen molar-refractivity contribution in [1.29, 1.82) is 0 Å². The third kappa shape index (κ3) is 5.26. The van der Waals surface area contributed by atoms with Gasteiger partial charge in [0.1, 0.15) is 0 Å². The molecule has 0 aliphatic heterocycles. The Labute approximate surface area is 115 Å². The van der Waals surface area contributed by atoms with Gasteiger partial charge in [-0.1, -0.05) is 43.3 Å². The second-order valence-electron chi connectivity index (χ2n) is 4.55. The predicted octanol–water partition coefficient (Wildman–Crippen LogP) is 3.02. The van der Waals surface area contributed by atoms with Crippen molar-refractivity contribution in [2.75, 3.05) is 13.7 Å². The van der Waals surface area contributed by atoms with Gasteiger partial charge in [0.15, 0.2) is 0 Å². The van der Waals surface area contributed by atoms with Gasteiger partial charge in [0.25, 0.3) is 0 Å². The van der Waals surface area contributed by atoms with Crippen LogP contribution in [0.15, 0.2) is 43.0 Å². The van der Waals surface area contributed by atoms with E-state index in [4.69, 9.17) is 4.74 Å². The van der Waals surface area contributed by atoms with Gasteiger partial charge in [-0.25, -0.2) is 0 Å². The fourth-order valence-electron chi connectivity index (χ4n) is 2.13. The number of carbonyl (C=O) groups excluding carboxylic acids is 1. The van der Waals surface area contributed by atoms with Gasteiger partial charge >= 0.3 is 5.97 Å². The number of rotatable bonds is 8. The number of benzene rings is 1. The van der Waals surface area contributed by atoms with Gasteiger partial charge in [-0.15, -0.1) is 6.58 Å². The van der Waals surface area contributed by atoms with Crippen LogP contribution in [0.2, 0.25) is 0 Å². The summed E-state index contributed by atoms with van der Waals surface area (Å²) in [6.45, 7) is 6.99. The minimum absolute atomic E-state index is 0.196. The Kier molecular flexibility index (Phi) is 6.90. The van der Waals surface area contributed by atoms with Crippen LogP contribution in [0, 0.1) is 0 Å². The molecule has 0 aliphatic carbocycles. The van der Waals surface area contributed by atoms with Crippen LogP contribution in [0.3, 0.4) is 0 Å². The van der Waals surface area contributed by atoms with Gasteiger partial charge < -0.3 is 4.74 Å². The Balaban J connectivity index is 2.78. The summed E-state index contributed by atoms with van der Waals surface area (Å²) in [6, 6.07) is 10.5. The van der Waals surface area contributed by atoms with Gasteiger partial charge in [-0.3, -0.25) is 9.69 Å². The van der Waals surface area contributed by atoms with Gasteiger partial charge in [0.05, 0.1) is 13.7 Å². The van der Waals surface area contributed by atoms with E-state index >= 15 is 0 Å². The van der Waals surface area contributed by atoms with Crippen LogP contribution in [0.4, 0.5) is 0 Å². The fourth-order valence-corrected chi connectivity index (χ4v) is 2.13. The molecular weight excluding hydrogens is 238 g/mol. The Bertz CT molecular complexity index is 389. The maximum Gasteiger partial charge on any atom is 0.319 e. The Morgan fingerprint density at radius 3 is 2.63 bits per heavy atom. The van der Waals surface area contributed by atoms with Crippen molar-refractivity contribution in [2.24, 2.45) is 0 Å². The van der Waals surface area contributed by atoms with Crippen LogP contribution in [0.25, 0.3) is 0 Å². The predicted molar refractivity (Wildman–Crippen MR) is 77.8 cm³/mol. The topological polar surface area (TPSA) is 29.5 Å². The normalized spacial score (nSPS) is 12.2. The lowest BCUT2D eigenvalue weighted by molar-refractivity contribution is -0.142. The van der Waals surface area contributed by atoms with E-state index in [9.17, 15) is 4.79 Å². The number of carbonyl (C=O) groups is 1. The summed E-state index contributed by atoms with van der Waals surface area (Å²) in [4.78, 5) is 13.7. The Hall–Kier alpha value is -1.61. The molecule has 0 N–H and O–H groups in total. The summed E-state index contributed by atoms with van der Waals surface area (Å²) >= 11 is 0. The van der Waals surface area contributed by atoms with E-state index in [0.29, 0.717) is 12.6 Å². The van der Waals surface area contributed by atoms with Crippen molar-refractivity contribution >= 4 is 5.97 Å². The minimum Gasteiger partial charge on any atom is -0.468 e. The SMILES string of the molecule is C=CCC(CC)N(CC(=O)OC)Cc1ccccc1. The smallest absolute Gasteiger partial charge is 0.319 e. The molecule has 1 aromatic carbocycles. The molecule has 3 heteroatoms. The quantitative estimate of drug-likeness (QED) is 0.532. The van der Waals surface area contributed by atoms with E-state index in [1.165, 1.54) is 12.7 Å². The molecule has 1 rings (SSSR count). The standard InChI is InChI=1S/C16H23NO2/c1-4-9-15(5-2)17(13-16(18)19-3)12-14-10-7-6-8-11-14/h4,6-8,10-11,15H,1,5,9,12-13H2,2-3H3. The van der Waals surface area contributed by atoms with Crippen molar-refractivity contribution in [3.63, 3.8) is 0 Å². The zero-order valence-electron chi connectivity index (χ0n) is 11.8. The second kappa shape index (κ2) is 8.48.